The smallest absolute Gasteiger partial charge is 0.252 e. The first-order valence-corrected chi connectivity index (χ1v) is 9.39. The second-order valence-corrected chi connectivity index (χ2v) is 6.96. The molecular weight excluding hydrogens is 388 g/mol. The van der Waals surface area contributed by atoms with Gasteiger partial charge < -0.3 is 25.3 Å². The number of hydrogen-bond acceptors (Lipinski definition) is 6. The van der Waals surface area contributed by atoms with Crippen molar-refractivity contribution in [2.45, 2.75) is 25.8 Å². The van der Waals surface area contributed by atoms with Gasteiger partial charge in [0.05, 0.1) is 32.9 Å². The fraction of sp³-hybridized carbons (Fsp3) is 0.318. The Kier molecular flexibility index (Phi) is 5.96. The first-order valence-electron chi connectivity index (χ1n) is 9.39. The molecule has 1 aliphatic rings. The molecule has 0 radical (unpaired) electrons. The summed E-state index contributed by atoms with van der Waals surface area (Å²) >= 11 is 0. The van der Waals surface area contributed by atoms with Crippen molar-refractivity contribution in [2.75, 3.05) is 21.3 Å². The standard InChI is InChI=1S/C22H24N2O6/c1-11(25)24-16-8-5-12-9-18(28-2)20(29-3)21(30-4)19(12)13-6-7-14(22(23)27)17(26)10-15(13)16/h6-7,9-10,16H,5,8H2,1-4H3,(H2,23,27)(H,24,25)/t16-/m0/s1. The van der Waals surface area contributed by atoms with Gasteiger partial charge in [-0.3, -0.25) is 14.4 Å². The van der Waals surface area contributed by atoms with Crippen LogP contribution in [0.5, 0.6) is 17.2 Å². The Morgan fingerprint density at radius 1 is 1.07 bits per heavy atom. The average Bonchev–Trinajstić information content (AvgIpc) is 2.95. The number of benzene rings is 1. The molecule has 8 heteroatoms. The Labute approximate surface area is 173 Å². The molecule has 2 aromatic carbocycles. The number of aryl methyl sites for hydroxylation is 1. The summed E-state index contributed by atoms with van der Waals surface area (Å²) < 4.78 is 16.7. The monoisotopic (exact) mass is 412 g/mol. The Hall–Kier alpha value is -3.55. The normalized spacial score (nSPS) is 14.6. The molecule has 158 valence electrons. The molecule has 2 aromatic rings. The van der Waals surface area contributed by atoms with Crippen LogP contribution in [0, 0.1) is 0 Å². The highest BCUT2D eigenvalue weighted by Gasteiger charge is 2.29. The van der Waals surface area contributed by atoms with Gasteiger partial charge in [0.2, 0.25) is 11.7 Å². The number of rotatable bonds is 5. The van der Waals surface area contributed by atoms with E-state index in [2.05, 4.69) is 5.32 Å². The molecule has 0 unspecified atom stereocenters. The second-order valence-electron chi connectivity index (χ2n) is 6.96. The number of carbonyl (C=O) groups is 2. The largest absolute Gasteiger partial charge is 0.493 e. The van der Waals surface area contributed by atoms with Gasteiger partial charge in [0, 0.05) is 12.5 Å². The van der Waals surface area contributed by atoms with E-state index >= 15 is 0 Å². The van der Waals surface area contributed by atoms with Crippen molar-refractivity contribution >= 4 is 11.8 Å². The second kappa shape index (κ2) is 8.44. The zero-order chi connectivity index (χ0) is 22.0. The summed E-state index contributed by atoms with van der Waals surface area (Å²) in [5.74, 6) is 0.312. The third kappa shape index (κ3) is 3.68. The number of primary amides is 1. The molecule has 3 N–H and O–H groups in total. The van der Waals surface area contributed by atoms with Gasteiger partial charge in [-0.15, -0.1) is 0 Å². The fourth-order valence-electron chi connectivity index (χ4n) is 3.91. The predicted molar refractivity (Wildman–Crippen MR) is 111 cm³/mol. The highest BCUT2D eigenvalue weighted by molar-refractivity contribution is 5.93. The van der Waals surface area contributed by atoms with Crippen molar-refractivity contribution in [1.82, 2.24) is 5.32 Å². The van der Waals surface area contributed by atoms with E-state index in [9.17, 15) is 14.4 Å². The van der Waals surface area contributed by atoms with E-state index < -0.39 is 17.4 Å². The first kappa shape index (κ1) is 21.2. The molecule has 0 saturated heterocycles. The molecule has 0 aromatic heterocycles. The van der Waals surface area contributed by atoms with Crippen LogP contribution >= 0.6 is 0 Å². The lowest BCUT2D eigenvalue weighted by atomic mass is 9.95. The van der Waals surface area contributed by atoms with E-state index in [-0.39, 0.29) is 11.5 Å². The Balaban J connectivity index is 2.44. The van der Waals surface area contributed by atoms with Crippen molar-refractivity contribution in [3.8, 4) is 28.4 Å². The lowest BCUT2D eigenvalue weighted by molar-refractivity contribution is -0.119. The Bertz CT molecular complexity index is 1080. The molecule has 0 bridgehead atoms. The molecule has 3 rings (SSSR count). The number of nitrogens with two attached hydrogens (primary N) is 1. The number of fused-ring (bicyclic) bond motifs is 3. The quantitative estimate of drug-likeness (QED) is 0.775. The highest BCUT2D eigenvalue weighted by Crippen LogP contribution is 2.50. The van der Waals surface area contributed by atoms with Gasteiger partial charge >= 0.3 is 0 Å². The average molecular weight is 412 g/mol. The van der Waals surface area contributed by atoms with Gasteiger partial charge in [0.15, 0.2) is 16.9 Å². The molecule has 8 nitrogen and oxygen atoms in total. The topological polar surface area (TPSA) is 117 Å². The van der Waals surface area contributed by atoms with Crippen LogP contribution in [0.15, 0.2) is 29.1 Å². The third-order valence-electron chi connectivity index (χ3n) is 5.18. The molecule has 0 heterocycles. The predicted octanol–water partition coefficient (Wildman–Crippen LogP) is 1.96. The van der Waals surface area contributed by atoms with E-state index in [1.165, 1.54) is 40.4 Å². The third-order valence-corrected chi connectivity index (χ3v) is 5.18. The molecule has 1 aliphatic carbocycles. The summed E-state index contributed by atoms with van der Waals surface area (Å²) in [7, 11) is 4.57. The van der Waals surface area contributed by atoms with Crippen LogP contribution in [0.4, 0.5) is 0 Å². The van der Waals surface area contributed by atoms with Crippen LogP contribution in [0.25, 0.3) is 11.1 Å². The maximum absolute atomic E-state index is 12.7. The van der Waals surface area contributed by atoms with Gasteiger partial charge in [0.25, 0.3) is 5.91 Å². The van der Waals surface area contributed by atoms with Crippen LogP contribution < -0.4 is 30.7 Å². The number of carbonyl (C=O) groups excluding carboxylic acids is 2. The van der Waals surface area contributed by atoms with Crippen LogP contribution in [-0.4, -0.2) is 33.1 Å². The molecule has 1 atom stereocenters. The van der Waals surface area contributed by atoms with Crippen LogP contribution in [0.3, 0.4) is 0 Å². The number of ether oxygens (including phenoxy) is 3. The van der Waals surface area contributed by atoms with Crippen molar-refractivity contribution in [1.29, 1.82) is 0 Å². The van der Waals surface area contributed by atoms with E-state index in [4.69, 9.17) is 19.9 Å². The maximum Gasteiger partial charge on any atom is 0.252 e. The summed E-state index contributed by atoms with van der Waals surface area (Å²) in [5, 5.41) is 2.90. The van der Waals surface area contributed by atoms with E-state index in [1.54, 1.807) is 6.07 Å². The van der Waals surface area contributed by atoms with E-state index in [0.29, 0.717) is 46.8 Å². The summed E-state index contributed by atoms with van der Waals surface area (Å²) in [5.41, 5.74) is 7.56. The summed E-state index contributed by atoms with van der Waals surface area (Å²) in [6, 6.07) is 5.84. The summed E-state index contributed by atoms with van der Waals surface area (Å²) in [4.78, 5) is 36.3. The molecular formula is C22H24N2O6. The minimum atomic E-state index is -0.819. The van der Waals surface area contributed by atoms with Crippen LogP contribution in [0.1, 0.15) is 40.9 Å². The molecule has 2 amide bonds. The van der Waals surface area contributed by atoms with Crippen molar-refractivity contribution in [2.24, 2.45) is 5.73 Å². The van der Waals surface area contributed by atoms with Gasteiger partial charge in [-0.2, -0.15) is 0 Å². The summed E-state index contributed by atoms with van der Waals surface area (Å²) in [6.45, 7) is 1.42. The fourth-order valence-corrected chi connectivity index (χ4v) is 3.91. The maximum atomic E-state index is 12.7. The molecule has 0 aliphatic heterocycles. The number of amides is 2. The van der Waals surface area contributed by atoms with Crippen LogP contribution in [0.2, 0.25) is 0 Å². The minimum absolute atomic E-state index is 0.134. The number of nitrogens with one attached hydrogen (secondary N) is 1. The molecule has 30 heavy (non-hydrogen) atoms. The molecule has 0 saturated carbocycles. The van der Waals surface area contributed by atoms with E-state index in [1.807, 2.05) is 6.07 Å². The van der Waals surface area contributed by atoms with Crippen molar-refractivity contribution < 1.29 is 23.8 Å². The summed E-state index contributed by atoms with van der Waals surface area (Å²) in [6.07, 6.45) is 1.12. The Morgan fingerprint density at radius 3 is 2.33 bits per heavy atom. The number of methoxy groups -OCH3 is 3. The zero-order valence-electron chi connectivity index (χ0n) is 17.3. The first-order chi connectivity index (χ1) is 14.3. The lowest BCUT2D eigenvalue weighted by Gasteiger charge is -2.19. The van der Waals surface area contributed by atoms with Gasteiger partial charge in [-0.05, 0) is 47.7 Å². The zero-order valence-corrected chi connectivity index (χ0v) is 17.3. The Morgan fingerprint density at radius 2 is 1.77 bits per heavy atom. The highest BCUT2D eigenvalue weighted by atomic mass is 16.5. The van der Waals surface area contributed by atoms with Gasteiger partial charge in [-0.25, -0.2) is 0 Å². The van der Waals surface area contributed by atoms with Gasteiger partial charge in [-0.1, -0.05) is 6.07 Å². The molecule has 0 fully saturated rings. The van der Waals surface area contributed by atoms with Crippen LogP contribution in [-0.2, 0) is 11.2 Å². The molecule has 0 spiro atoms. The lowest BCUT2D eigenvalue weighted by Crippen LogP contribution is -2.27. The van der Waals surface area contributed by atoms with Crippen molar-refractivity contribution in [3.63, 3.8) is 0 Å². The minimum Gasteiger partial charge on any atom is -0.493 e. The SMILES string of the molecule is COc1cc2c(c(OC)c1OC)-c1ccc(C(N)=O)c(=O)cc1[C@@H](NC(C)=O)CC2. The van der Waals surface area contributed by atoms with E-state index in [0.717, 1.165) is 5.56 Å². The van der Waals surface area contributed by atoms with Crippen molar-refractivity contribution in [3.05, 3.63) is 51.2 Å². The number of hydrogen-bond donors (Lipinski definition) is 2. The van der Waals surface area contributed by atoms with Gasteiger partial charge in [0.1, 0.15) is 0 Å².